The molecule has 0 atom stereocenters. The van der Waals surface area contributed by atoms with Gasteiger partial charge in [-0.25, -0.2) is 0 Å². The van der Waals surface area contributed by atoms with Crippen molar-refractivity contribution in [1.82, 2.24) is 9.13 Å². The molecule has 0 saturated carbocycles. The van der Waals surface area contributed by atoms with E-state index in [9.17, 15) is 0 Å². The van der Waals surface area contributed by atoms with Gasteiger partial charge in [-0.1, -0.05) is 242 Å². The summed E-state index contributed by atoms with van der Waals surface area (Å²) >= 11 is 0. The molecule has 4 nitrogen and oxygen atoms in total. The first kappa shape index (κ1) is 53.7. The third kappa shape index (κ3) is 9.59. The molecule has 0 aliphatic rings. The Morgan fingerprint density at radius 1 is 0.233 bits per heavy atom. The fraction of sp³-hybridized carbons (Fsp3) is 0.0233. The summed E-state index contributed by atoms with van der Waals surface area (Å²) in [6, 6.07) is 124. The Kier molecular flexibility index (Phi) is 13.6. The van der Waals surface area contributed by atoms with Crippen LogP contribution in [0, 0.1) is 13.8 Å². The van der Waals surface area contributed by atoms with Crippen molar-refractivity contribution in [3.63, 3.8) is 0 Å². The number of hydrogen-bond donors (Lipinski definition) is 0. The Morgan fingerprint density at radius 2 is 0.544 bits per heavy atom. The molecule has 0 bridgehead atoms. The zero-order valence-corrected chi connectivity index (χ0v) is 50.1. The average Bonchev–Trinajstić information content (AvgIpc) is 3.46. The van der Waals surface area contributed by atoms with Crippen molar-refractivity contribution in [3.8, 4) is 67.3 Å². The van der Waals surface area contributed by atoms with Gasteiger partial charge < -0.3 is 18.9 Å². The van der Waals surface area contributed by atoms with Crippen LogP contribution in [0.3, 0.4) is 0 Å². The van der Waals surface area contributed by atoms with E-state index in [-0.39, 0.29) is 0 Å². The van der Waals surface area contributed by atoms with Crippen LogP contribution in [0.15, 0.2) is 340 Å². The van der Waals surface area contributed by atoms with Crippen molar-refractivity contribution in [1.29, 1.82) is 0 Å². The molecule has 426 valence electrons. The lowest BCUT2D eigenvalue weighted by molar-refractivity contribution is 1.13. The van der Waals surface area contributed by atoms with Gasteiger partial charge in [-0.3, -0.25) is 0 Å². The fourth-order valence-electron chi connectivity index (χ4n) is 13.6. The van der Waals surface area contributed by atoms with E-state index in [4.69, 9.17) is 0 Å². The first-order chi connectivity index (χ1) is 44.5. The van der Waals surface area contributed by atoms with Crippen LogP contribution in [0.5, 0.6) is 0 Å². The number of benzene rings is 14. The van der Waals surface area contributed by atoms with Gasteiger partial charge in [0.2, 0.25) is 0 Å². The van der Waals surface area contributed by atoms with Crippen LogP contribution in [0.25, 0.3) is 111 Å². The number of fused-ring (bicyclic) bond motifs is 4. The summed E-state index contributed by atoms with van der Waals surface area (Å²) in [5.41, 5.74) is 25.0. The molecule has 0 radical (unpaired) electrons. The van der Waals surface area contributed by atoms with Crippen molar-refractivity contribution in [2.75, 3.05) is 9.80 Å². The zero-order valence-electron chi connectivity index (χ0n) is 50.1. The summed E-state index contributed by atoms with van der Waals surface area (Å²) in [5, 5.41) is 7.15. The van der Waals surface area contributed by atoms with Crippen LogP contribution < -0.4 is 9.80 Å². The third-order valence-electron chi connectivity index (χ3n) is 17.8. The minimum atomic E-state index is 1.08. The summed E-state index contributed by atoms with van der Waals surface area (Å²) in [6.07, 6.45) is 0. The van der Waals surface area contributed by atoms with Crippen LogP contribution >= 0.6 is 0 Å². The SMILES string of the molecule is Cc1ccc(N(c2ccc(-n3c(-c4ccccc4)c(-c4ccccc4)c4cc(-c5ccc6c(c5)c(-c5ccccc5)c(-c5ccccc5)n6-c5ccc(N(c6ccc(C)cc6)c6cccc7ccccc67)cc5)ccc43)cc2)c2cccc3ccccc23)cc1. The van der Waals surface area contributed by atoms with Gasteiger partial charge in [0.15, 0.2) is 0 Å². The lowest BCUT2D eigenvalue weighted by Gasteiger charge is -2.27. The summed E-state index contributed by atoms with van der Waals surface area (Å²) in [5.74, 6) is 0. The molecule has 0 spiro atoms. The van der Waals surface area contributed by atoms with E-state index in [1.807, 2.05) is 0 Å². The fourth-order valence-corrected chi connectivity index (χ4v) is 13.6. The minimum absolute atomic E-state index is 1.08. The number of anilines is 6. The second kappa shape index (κ2) is 22.9. The molecule has 0 saturated heterocycles. The van der Waals surface area contributed by atoms with Crippen molar-refractivity contribution >= 4 is 77.5 Å². The second-order valence-electron chi connectivity index (χ2n) is 23.4. The molecule has 16 aromatic rings. The summed E-state index contributed by atoms with van der Waals surface area (Å²) < 4.78 is 4.95. The van der Waals surface area contributed by atoms with Crippen LogP contribution in [0.1, 0.15) is 11.1 Å². The van der Waals surface area contributed by atoms with Gasteiger partial charge in [0.25, 0.3) is 0 Å². The van der Waals surface area contributed by atoms with E-state index in [1.165, 1.54) is 54.6 Å². The predicted molar refractivity (Wildman–Crippen MR) is 381 cm³/mol. The lowest BCUT2D eigenvalue weighted by Crippen LogP contribution is -2.10. The van der Waals surface area contributed by atoms with Gasteiger partial charge in [-0.15, -0.1) is 0 Å². The van der Waals surface area contributed by atoms with Crippen molar-refractivity contribution in [2.24, 2.45) is 0 Å². The highest BCUT2D eigenvalue weighted by Crippen LogP contribution is 2.49. The quantitative estimate of drug-likeness (QED) is 0.114. The molecule has 0 fully saturated rings. The van der Waals surface area contributed by atoms with Gasteiger partial charge in [-0.05, 0) is 167 Å². The molecule has 2 heterocycles. The van der Waals surface area contributed by atoms with Gasteiger partial charge in [0, 0.05) is 66.8 Å². The Balaban J connectivity index is 0.872. The maximum absolute atomic E-state index is 2.48. The van der Waals surface area contributed by atoms with E-state index in [2.05, 4.69) is 372 Å². The topological polar surface area (TPSA) is 16.3 Å². The first-order valence-electron chi connectivity index (χ1n) is 31.0. The number of hydrogen-bond acceptors (Lipinski definition) is 2. The van der Waals surface area contributed by atoms with Gasteiger partial charge in [0.05, 0.1) is 33.8 Å². The van der Waals surface area contributed by atoms with E-state index in [0.717, 1.165) is 101 Å². The smallest absolute Gasteiger partial charge is 0.0619 e. The molecule has 2 aromatic heterocycles. The van der Waals surface area contributed by atoms with Crippen LogP contribution in [-0.4, -0.2) is 9.13 Å². The molecule has 16 rings (SSSR count). The van der Waals surface area contributed by atoms with Crippen molar-refractivity contribution < 1.29 is 0 Å². The molecule has 4 heteroatoms. The van der Waals surface area contributed by atoms with Gasteiger partial charge >= 0.3 is 0 Å². The normalized spacial score (nSPS) is 11.4. The van der Waals surface area contributed by atoms with Gasteiger partial charge in [0.1, 0.15) is 0 Å². The number of aryl methyl sites for hydroxylation is 2. The van der Waals surface area contributed by atoms with Crippen molar-refractivity contribution in [2.45, 2.75) is 13.8 Å². The molecule has 90 heavy (non-hydrogen) atoms. The molecule has 0 N–H and O–H groups in total. The second-order valence-corrected chi connectivity index (χ2v) is 23.4. The Morgan fingerprint density at radius 3 is 0.911 bits per heavy atom. The lowest BCUT2D eigenvalue weighted by atomic mass is 9.94. The van der Waals surface area contributed by atoms with Crippen LogP contribution in [0.4, 0.5) is 34.1 Å². The molecular weight excluding hydrogens is 1090 g/mol. The third-order valence-corrected chi connectivity index (χ3v) is 17.8. The molecule has 0 unspecified atom stereocenters. The van der Waals surface area contributed by atoms with E-state index in [1.54, 1.807) is 0 Å². The molecule has 0 amide bonds. The number of nitrogens with zero attached hydrogens (tertiary/aromatic N) is 4. The Hall–Kier alpha value is -11.7. The zero-order chi connectivity index (χ0) is 60.1. The Bertz CT molecular complexity index is 4920. The van der Waals surface area contributed by atoms with E-state index >= 15 is 0 Å². The summed E-state index contributed by atoms with van der Waals surface area (Å²) in [7, 11) is 0. The predicted octanol–water partition coefficient (Wildman–Crippen LogP) is 23.8. The average molecular weight is 1150 g/mol. The maximum atomic E-state index is 2.48. The maximum Gasteiger partial charge on any atom is 0.0619 e. The van der Waals surface area contributed by atoms with Gasteiger partial charge in [-0.2, -0.15) is 0 Å². The monoisotopic (exact) mass is 1150 g/mol. The molecule has 14 aromatic carbocycles. The summed E-state index contributed by atoms with van der Waals surface area (Å²) in [6.45, 7) is 4.29. The number of rotatable bonds is 13. The summed E-state index contributed by atoms with van der Waals surface area (Å²) in [4.78, 5) is 4.78. The molecular formula is C86H62N4. The Labute approximate surface area is 525 Å². The largest absolute Gasteiger partial charge is 0.310 e. The van der Waals surface area contributed by atoms with Crippen LogP contribution in [-0.2, 0) is 0 Å². The van der Waals surface area contributed by atoms with E-state index < -0.39 is 0 Å². The minimum Gasteiger partial charge on any atom is -0.310 e. The standard InChI is InChI=1S/C86H62N4/c1-59-37-43-69(44-38-59)87(79-35-19-31-61-21-15-17-33-75(61)79)71-47-51-73(52-48-71)89-81-55-41-67(57-77(81)83(63-23-7-3-8-24-63)85(89)65-27-11-5-12-28-65)68-42-56-82-78(58-68)84(64-25-9-4-10-26-64)86(66-29-13-6-14-30-66)90(82)74-53-49-72(50-54-74)88(70-45-39-60(2)40-46-70)80-36-20-32-62-22-16-18-34-76(62)80/h3-58H,1-2H3. The van der Waals surface area contributed by atoms with E-state index in [0.29, 0.717) is 0 Å². The highest BCUT2D eigenvalue weighted by Gasteiger charge is 2.26. The highest BCUT2D eigenvalue weighted by molar-refractivity contribution is 6.10. The number of aromatic nitrogens is 2. The highest BCUT2D eigenvalue weighted by atomic mass is 15.2. The molecule has 0 aliphatic carbocycles. The molecule has 0 aliphatic heterocycles. The first-order valence-corrected chi connectivity index (χ1v) is 31.0. The van der Waals surface area contributed by atoms with Crippen LogP contribution in [0.2, 0.25) is 0 Å². The van der Waals surface area contributed by atoms with Crippen molar-refractivity contribution in [3.05, 3.63) is 351 Å².